The van der Waals surface area contributed by atoms with Crippen molar-refractivity contribution in [1.29, 1.82) is 0 Å². The molecular formula is C31H45ClO7. The number of aliphatic hydroxyl groups excluding tert-OH is 1. The summed E-state index contributed by atoms with van der Waals surface area (Å²) in [5.74, 6) is 0.721. The van der Waals surface area contributed by atoms with E-state index in [1.54, 1.807) is 6.07 Å². The highest BCUT2D eigenvalue weighted by Crippen LogP contribution is 2.39. The van der Waals surface area contributed by atoms with Gasteiger partial charge in [0.05, 0.1) is 18.8 Å². The molecule has 3 aliphatic rings. The molecule has 1 saturated carbocycles. The van der Waals surface area contributed by atoms with Crippen molar-refractivity contribution in [2.24, 2.45) is 11.8 Å². The van der Waals surface area contributed by atoms with Crippen LogP contribution in [-0.2, 0) is 23.7 Å². The third-order valence-electron chi connectivity index (χ3n) is 7.57. The first kappa shape index (κ1) is 30.5. The van der Waals surface area contributed by atoms with E-state index in [4.69, 9.17) is 40.0 Å². The van der Waals surface area contributed by atoms with Crippen LogP contribution < -0.4 is 4.74 Å². The van der Waals surface area contributed by atoms with Gasteiger partial charge in [-0.05, 0) is 76.0 Å². The van der Waals surface area contributed by atoms with Crippen molar-refractivity contribution in [2.75, 3.05) is 33.0 Å². The van der Waals surface area contributed by atoms with Gasteiger partial charge in [-0.2, -0.15) is 0 Å². The van der Waals surface area contributed by atoms with Gasteiger partial charge in [0.25, 0.3) is 0 Å². The molecule has 7 atom stereocenters. The fraction of sp³-hybridized carbons (Fsp3) is 0.677. The van der Waals surface area contributed by atoms with Crippen LogP contribution in [-0.4, -0.2) is 69.0 Å². The van der Waals surface area contributed by atoms with E-state index in [0.29, 0.717) is 43.6 Å². The monoisotopic (exact) mass is 564 g/mol. The molecule has 0 spiro atoms. The summed E-state index contributed by atoms with van der Waals surface area (Å²) in [6.45, 7) is 5.00. The van der Waals surface area contributed by atoms with E-state index in [9.17, 15) is 5.11 Å². The Morgan fingerprint density at radius 2 is 1.87 bits per heavy atom. The van der Waals surface area contributed by atoms with E-state index in [0.717, 1.165) is 51.6 Å². The van der Waals surface area contributed by atoms with E-state index in [2.05, 4.69) is 18.2 Å². The molecule has 1 aliphatic carbocycles. The molecule has 0 radical (unpaired) electrons. The highest BCUT2D eigenvalue weighted by atomic mass is 35.5. The zero-order valence-corrected chi connectivity index (χ0v) is 23.9. The average Bonchev–Trinajstić information content (AvgIpc) is 3.24. The summed E-state index contributed by atoms with van der Waals surface area (Å²) in [6.07, 6.45) is 14.3. The average molecular weight is 565 g/mol. The van der Waals surface area contributed by atoms with Crippen molar-refractivity contribution >= 4 is 11.6 Å². The minimum absolute atomic E-state index is 0.00631. The fourth-order valence-corrected chi connectivity index (χ4v) is 5.67. The van der Waals surface area contributed by atoms with Gasteiger partial charge in [0.15, 0.2) is 12.6 Å². The van der Waals surface area contributed by atoms with Crippen molar-refractivity contribution < 1.29 is 33.5 Å². The van der Waals surface area contributed by atoms with Crippen LogP contribution in [0.1, 0.15) is 58.3 Å². The summed E-state index contributed by atoms with van der Waals surface area (Å²) in [5, 5.41) is 11.7. The van der Waals surface area contributed by atoms with Crippen LogP contribution in [0.15, 0.2) is 48.6 Å². The van der Waals surface area contributed by atoms with Gasteiger partial charge in [0.1, 0.15) is 18.5 Å². The number of hydrogen-bond donors (Lipinski definition) is 1. The van der Waals surface area contributed by atoms with Crippen LogP contribution in [0.25, 0.3) is 0 Å². The number of hydrogen-bond acceptors (Lipinski definition) is 7. The maximum atomic E-state index is 11.1. The molecule has 7 nitrogen and oxygen atoms in total. The van der Waals surface area contributed by atoms with Gasteiger partial charge in [0.2, 0.25) is 0 Å². The van der Waals surface area contributed by atoms with Crippen LogP contribution in [0.2, 0.25) is 5.02 Å². The molecule has 3 fully saturated rings. The summed E-state index contributed by atoms with van der Waals surface area (Å²) < 4.78 is 36.0. The Morgan fingerprint density at radius 3 is 2.59 bits per heavy atom. The second kappa shape index (κ2) is 16.7. The minimum atomic E-state index is -0.464. The largest absolute Gasteiger partial charge is 0.490 e. The zero-order valence-electron chi connectivity index (χ0n) is 23.1. The SMILES string of the molecule is CCOC/C=C\C[C@@H]1[C@@H](/C=C/[C@H](COc2cccc(Cl)c2)OC2CCCCO2)[C@H](OC2CCCCO2)C[C@@H]1O. The zero-order chi connectivity index (χ0) is 27.3. The Kier molecular flexibility index (Phi) is 13.1. The maximum absolute atomic E-state index is 11.1. The highest BCUT2D eigenvalue weighted by Gasteiger charge is 2.42. The Bertz CT molecular complexity index is 881. The van der Waals surface area contributed by atoms with Crippen LogP contribution >= 0.6 is 11.6 Å². The predicted molar refractivity (Wildman–Crippen MR) is 151 cm³/mol. The van der Waals surface area contributed by atoms with Gasteiger partial charge in [-0.1, -0.05) is 42.0 Å². The Morgan fingerprint density at radius 1 is 1.08 bits per heavy atom. The maximum Gasteiger partial charge on any atom is 0.158 e. The topological polar surface area (TPSA) is 75.6 Å². The van der Waals surface area contributed by atoms with Crippen molar-refractivity contribution in [2.45, 2.75) is 89.2 Å². The molecule has 2 aliphatic heterocycles. The predicted octanol–water partition coefficient (Wildman–Crippen LogP) is 6.08. The molecule has 218 valence electrons. The number of halogens is 1. The van der Waals surface area contributed by atoms with Gasteiger partial charge in [0, 0.05) is 37.2 Å². The molecule has 0 bridgehead atoms. The summed E-state index contributed by atoms with van der Waals surface area (Å²) >= 11 is 6.15. The Balaban J connectivity index is 1.47. The first-order valence-corrected chi connectivity index (χ1v) is 15.0. The molecule has 1 N–H and O–H groups in total. The van der Waals surface area contributed by atoms with Gasteiger partial charge >= 0.3 is 0 Å². The van der Waals surface area contributed by atoms with Crippen LogP contribution in [0.4, 0.5) is 0 Å². The smallest absolute Gasteiger partial charge is 0.158 e. The molecule has 2 unspecified atom stereocenters. The summed E-state index contributed by atoms with van der Waals surface area (Å²) in [7, 11) is 0. The molecule has 1 aromatic carbocycles. The van der Waals surface area contributed by atoms with Crippen LogP contribution in [0.3, 0.4) is 0 Å². The number of aliphatic hydroxyl groups is 1. The van der Waals surface area contributed by atoms with Gasteiger partial charge in [-0.3, -0.25) is 0 Å². The van der Waals surface area contributed by atoms with Crippen LogP contribution in [0, 0.1) is 11.8 Å². The van der Waals surface area contributed by atoms with Crippen molar-refractivity contribution in [3.05, 3.63) is 53.6 Å². The number of benzene rings is 1. The number of rotatable bonds is 14. The molecular weight excluding hydrogens is 520 g/mol. The Hall–Kier alpha value is -1.45. The number of allylic oxidation sites excluding steroid dienone is 1. The van der Waals surface area contributed by atoms with E-state index >= 15 is 0 Å². The second-order valence-corrected chi connectivity index (χ2v) is 10.9. The molecule has 8 heteroatoms. The van der Waals surface area contributed by atoms with Gasteiger partial charge < -0.3 is 33.5 Å². The lowest BCUT2D eigenvalue weighted by molar-refractivity contribution is -0.193. The molecule has 1 aromatic rings. The van der Waals surface area contributed by atoms with Crippen molar-refractivity contribution in [3.63, 3.8) is 0 Å². The van der Waals surface area contributed by atoms with Crippen molar-refractivity contribution in [1.82, 2.24) is 0 Å². The van der Waals surface area contributed by atoms with Gasteiger partial charge in [-0.25, -0.2) is 0 Å². The molecule has 2 heterocycles. The fourth-order valence-electron chi connectivity index (χ4n) is 5.49. The lowest BCUT2D eigenvalue weighted by atomic mass is 9.89. The van der Waals surface area contributed by atoms with E-state index < -0.39 is 6.10 Å². The third-order valence-corrected chi connectivity index (χ3v) is 7.81. The van der Waals surface area contributed by atoms with E-state index in [1.807, 2.05) is 31.2 Å². The highest BCUT2D eigenvalue weighted by molar-refractivity contribution is 6.30. The lowest BCUT2D eigenvalue weighted by Gasteiger charge is -2.30. The van der Waals surface area contributed by atoms with Gasteiger partial charge in [-0.15, -0.1) is 0 Å². The van der Waals surface area contributed by atoms with E-state index in [1.165, 1.54) is 0 Å². The van der Waals surface area contributed by atoms with E-state index in [-0.39, 0.29) is 36.6 Å². The summed E-state index contributed by atoms with van der Waals surface area (Å²) in [5.41, 5.74) is 0. The second-order valence-electron chi connectivity index (χ2n) is 10.5. The Labute approximate surface area is 238 Å². The molecule has 0 amide bonds. The normalized spacial score (nSPS) is 30.7. The lowest BCUT2D eigenvalue weighted by Crippen LogP contribution is -2.32. The number of ether oxygens (including phenoxy) is 6. The summed E-state index contributed by atoms with van der Waals surface area (Å²) in [6, 6.07) is 7.37. The van der Waals surface area contributed by atoms with Crippen molar-refractivity contribution in [3.8, 4) is 5.75 Å². The molecule has 0 aromatic heterocycles. The summed E-state index contributed by atoms with van der Waals surface area (Å²) in [4.78, 5) is 0. The first-order chi connectivity index (χ1) is 19.1. The molecule has 39 heavy (non-hydrogen) atoms. The third kappa shape index (κ3) is 10.2. The molecule has 4 rings (SSSR count). The quantitative estimate of drug-likeness (QED) is 0.217. The first-order valence-electron chi connectivity index (χ1n) is 14.6. The van der Waals surface area contributed by atoms with Crippen LogP contribution in [0.5, 0.6) is 5.75 Å². The molecule has 2 saturated heterocycles. The standard InChI is InChI=1S/C31H45ClO7/c1-2-34-17-6-3-12-26-27(29(21-28(26)33)39-31-14-5-8-19-36-31)16-15-25(38-30-13-4-7-18-35-30)22-37-24-11-9-10-23(32)20-24/h3,6,9-11,15-16,20,25-31,33H,2,4-5,7-8,12-14,17-19,21-22H2,1H3/b6-3-,16-15+/t25-,26-,27-,28+,29-,30?,31?/m1/s1. The minimum Gasteiger partial charge on any atom is -0.490 e.